The maximum absolute atomic E-state index is 12.5. The Kier molecular flexibility index (Phi) is 4.85. The van der Waals surface area contributed by atoms with Gasteiger partial charge in [-0.2, -0.15) is 0 Å². The summed E-state index contributed by atoms with van der Waals surface area (Å²) < 4.78 is 10.7. The molecule has 2 aromatic carbocycles. The van der Waals surface area contributed by atoms with Gasteiger partial charge in [0.1, 0.15) is 0 Å². The van der Waals surface area contributed by atoms with Crippen LogP contribution in [0.5, 0.6) is 11.5 Å². The van der Waals surface area contributed by atoms with E-state index >= 15 is 0 Å². The first-order valence-electron chi connectivity index (χ1n) is 9.04. The standard InChI is InChI=1S/C22H21N3O3/c1-14-3-4-15(2)19(7-14)25-18-9-17(11-23-12-18)22(26)24-10-16-5-6-20-21(8-16)28-13-27-20/h3-9,11-12,25H,10,13H2,1-2H3,(H,24,26). The molecule has 0 aliphatic carbocycles. The van der Waals surface area contributed by atoms with E-state index < -0.39 is 0 Å². The van der Waals surface area contributed by atoms with Crippen molar-refractivity contribution in [2.24, 2.45) is 0 Å². The highest BCUT2D eigenvalue weighted by atomic mass is 16.7. The van der Waals surface area contributed by atoms with Gasteiger partial charge in [-0.1, -0.05) is 18.2 Å². The lowest BCUT2D eigenvalue weighted by Gasteiger charge is -2.11. The second-order valence-corrected chi connectivity index (χ2v) is 6.78. The second-order valence-electron chi connectivity index (χ2n) is 6.78. The van der Waals surface area contributed by atoms with E-state index in [1.807, 2.05) is 32.0 Å². The van der Waals surface area contributed by atoms with Gasteiger partial charge in [-0.15, -0.1) is 0 Å². The van der Waals surface area contributed by atoms with E-state index in [9.17, 15) is 4.79 Å². The zero-order valence-corrected chi connectivity index (χ0v) is 15.8. The molecule has 0 bridgehead atoms. The van der Waals surface area contributed by atoms with Crippen molar-refractivity contribution < 1.29 is 14.3 Å². The fourth-order valence-corrected chi connectivity index (χ4v) is 2.99. The Balaban J connectivity index is 1.43. The zero-order valence-electron chi connectivity index (χ0n) is 15.8. The lowest BCUT2D eigenvalue weighted by Crippen LogP contribution is -2.23. The van der Waals surface area contributed by atoms with Gasteiger partial charge in [0.25, 0.3) is 5.91 Å². The van der Waals surface area contributed by atoms with Crippen LogP contribution in [0.1, 0.15) is 27.0 Å². The fraction of sp³-hybridized carbons (Fsp3) is 0.182. The van der Waals surface area contributed by atoms with Crippen molar-refractivity contribution in [2.45, 2.75) is 20.4 Å². The Morgan fingerprint density at radius 2 is 1.89 bits per heavy atom. The lowest BCUT2D eigenvalue weighted by molar-refractivity contribution is 0.0950. The molecule has 0 spiro atoms. The molecule has 6 nitrogen and oxygen atoms in total. The summed E-state index contributed by atoms with van der Waals surface area (Å²) in [4.78, 5) is 16.7. The molecular formula is C22H21N3O3. The molecule has 0 atom stereocenters. The molecule has 0 fully saturated rings. The number of hydrogen-bond acceptors (Lipinski definition) is 5. The van der Waals surface area contributed by atoms with Crippen molar-refractivity contribution >= 4 is 17.3 Å². The summed E-state index contributed by atoms with van der Waals surface area (Å²) in [5.74, 6) is 1.24. The lowest BCUT2D eigenvalue weighted by atomic mass is 10.1. The molecule has 0 unspecified atom stereocenters. The zero-order chi connectivity index (χ0) is 19.5. The van der Waals surface area contributed by atoms with Crippen molar-refractivity contribution in [1.29, 1.82) is 0 Å². The van der Waals surface area contributed by atoms with Gasteiger partial charge in [0.15, 0.2) is 11.5 Å². The molecule has 4 rings (SSSR count). The van der Waals surface area contributed by atoms with Crippen molar-refractivity contribution in [3.63, 3.8) is 0 Å². The van der Waals surface area contributed by atoms with E-state index in [1.54, 1.807) is 18.5 Å². The van der Waals surface area contributed by atoms with Crippen LogP contribution in [0, 0.1) is 13.8 Å². The van der Waals surface area contributed by atoms with Gasteiger partial charge < -0.3 is 20.1 Å². The van der Waals surface area contributed by atoms with Crippen molar-refractivity contribution in [1.82, 2.24) is 10.3 Å². The van der Waals surface area contributed by atoms with E-state index in [2.05, 4.69) is 33.8 Å². The maximum Gasteiger partial charge on any atom is 0.253 e. The number of anilines is 2. The number of fused-ring (bicyclic) bond motifs is 1. The third-order valence-electron chi connectivity index (χ3n) is 4.56. The minimum absolute atomic E-state index is 0.185. The molecule has 2 heterocycles. The summed E-state index contributed by atoms with van der Waals surface area (Å²) in [7, 11) is 0. The van der Waals surface area contributed by atoms with E-state index in [0.717, 1.165) is 28.3 Å². The Hall–Kier alpha value is -3.54. The van der Waals surface area contributed by atoms with E-state index in [4.69, 9.17) is 9.47 Å². The minimum atomic E-state index is -0.185. The summed E-state index contributed by atoms with van der Waals surface area (Å²) in [6.45, 7) is 4.71. The van der Waals surface area contributed by atoms with Crippen molar-refractivity contribution in [2.75, 3.05) is 12.1 Å². The molecule has 6 heteroatoms. The van der Waals surface area contributed by atoms with Gasteiger partial charge in [-0.25, -0.2) is 0 Å². The number of rotatable bonds is 5. The van der Waals surface area contributed by atoms with Gasteiger partial charge in [-0.05, 0) is 54.8 Å². The Morgan fingerprint density at radius 1 is 1.04 bits per heavy atom. The smallest absolute Gasteiger partial charge is 0.253 e. The largest absolute Gasteiger partial charge is 0.454 e. The molecule has 0 radical (unpaired) electrons. The Labute approximate surface area is 163 Å². The van der Waals surface area contributed by atoms with Crippen molar-refractivity contribution in [3.8, 4) is 11.5 Å². The van der Waals surface area contributed by atoms with Gasteiger partial charge in [0, 0.05) is 18.4 Å². The van der Waals surface area contributed by atoms with E-state index in [1.165, 1.54) is 5.56 Å². The normalized spacial score (nSPS) is 11.9. The first kappa shape index (κ1) is 17.9. The molecule has 0 saturated carbocycles. The molecule has 1 amide bonds. The highest BCUT2D eigenvalue weighted by Gasteiger charge is 2.14. The number of nitrogens with zero attached hydrogens (tertiary/aromatic N) is 1. The van der Waals surface area contributed by atoms with E-state index in [-0.39, 0.29) is 12.7 Å². The first-order valence-corrected chi connectivity index (χ1v) is 9.04. The number of pyridine rings is 1. The number of amides is 1. The number of benzene rings is 2. The van der Waals surface area contributed by atoms with Gasteiger partial charge >= 0.3 is 0 Å². The molecule has 1 aliphatic heterocycles. The quantitative estimate of drug-likeness (QED) is 0.702. The average Bonchev–Trinajstić information content (AvgIpc) is 3.17. The SMILES string of the molecule is Cc1ccc(C)c(Nc2cncc(C(=O)NCc3ccc4c(c3)OCO4)c2)c1. The molecule has 3 aromatic rings. The summed E-state index contributed by atoms with van der Waals surface area (Å²) in [6.07, 6.45) is 3.26. The highest BCUT2D eigenvalue weighted by Crippen LogP contribution is 2.32. The van der Waals surface area contributed by atoms with Crippen LogP contribution >= 0.6 is 0 Å². The van der Waals surface area contributed by atoms with Crippen LogP contribution in [0.25, 0.3) is 0 Å². The van der Waals surface area contributed by atoms with Gasteiger partial charge in [0.2, 0.25) is 6.79 Å². The molecule has 28 heavy (non-hydrogen) atoms. The van der Waals surface area contributed by atoms with E-state index in [0.29, 0.717) is 17.9 Å². The number of ether oxygens (including phenoxy) is 2. The molecular weight excluding hydrogens is 354 g/mol. The third-order valence-corrected chi connectivity index (χ3v) is 4.56. The summed E-state index contributed by atoms with van der Waals surface area (Å²) in [5, 5.41) is 6.25. The molecule has 1 aliphatic rings. The Bertz CT molecular complexity index is 1030. The number of hydrogen-bond donors (Lipinski definition) is 2. The predicted octanol–water partition coefficient (Wildman–Crippen LogP) is 4.10. The van der Waals surface area contributed by atoms with Crippen LogP contribution in [0.15, 0.2) is 54.9 Å². The predicted molar refractivity (Wildman–Crippen MR) is 107 cm³/mol. The van der Waals surface area contributed by atoms with Crippen LogP contribution in [0.4, 0.5) is 11.4 Å². The van der Waals surface area contributed by atoms with Crippen LogP contribution in [-0.2, 0) is 6.54 Å². The highest BCUT2D eigenvalue weighted by molar-refractivity contribution is 5.94. The van der Waals surface area contributed by atoms with Crippen molar-refractivity contribution in [3.05, 3.63) is 77.1 Å². The number of carbonyl (C=O) groups excluding carboxylic acids is 1. The minimum Gasteiger partial charge on any atom is -0.454 e. The van der Waals surface area contributed by atoms with Crippen LogP contribution in [-0.4, -0.2) is 17.7 Å². The summed E-state index contributed by atoms with van der Waals surface area (Å²) >= 11 is 0. The van der Waals surface area contributed by atoms with Gasteiger partial charge in [-0.3, -0.25) is 9.78 Å². The number of aryl methyl sites for hydroxylation is 2. The Morgan fingerprint density at radius 3 is 2.79 bits per heavy atom. The average molecular weight is 375 g/mol. The molecule has 0 saturated heterocycles. The third kappa shape index (κ3) is 3.91. The number of carbonyl (C=O) groups is 1. The second kappa shape index (κ2) is 7.60. The fourth-order valence-electron chi connectivity index (χ4n) is 2.99. The van der Waals surface area contributed by atoms with Crippen LogP contribution < -0.4 is 20.1 Å². The summed E-state index contributed by atoms with van der Waals surface area (Å²) in [6, 6.07) is 13.6. The molecule has 142 valence electrons. The molecule has 2 N–H and O–H groups in total. The summed E-state index contributed by atoms with van der Waals surface area (Å²) in [5.41, 5.74) is 5.50. The van der Waals surface area contributed by atoms with Crippen LogP contribution in [0.2, 0.25) is 0 Å². The topological polar surface area (TPSA) is 72.5 Å². The molecule has 1 aromatic heterocycles. The maximum atomic E-state index is 12.5. The first-order chi connectivity index (χ1) is 13.6. The monoisotopic (exact) mass is 375 g/mol. The van der Waals surface area contributed by atoms with Crippen LogP contribution in [0.3, 0.4) is 0 Å². The number of aromatic nitrogens is 1. The number of nitrogens with one attached hydrogen (secondary N) is 2. The van der Waals surface area contributed by atoms with Gasteiger partial charge in [0.05, 0.1) is 17.4 Å².